The average Bonchev–Trinajstić information content (AvgIpc) is 2.99. The fourth-order valence-corrected chi connectivity index (χ4v) is 3.88. The van der Waals surface area contributed by atoms with Crippen molar-refractivity contribution in [2.24, 2.45) is 0 Å². The number of fused-ring (bicyclic) bond motifs is 1. The van der Waals surface area contributed by atoms with E-state index in [9.17, 15) is 0 Å². The van der Waals surface area contributed by atoms with Crippen LogP contribution in [0.15, 0.2) is 36.4 Å². The van der Waals surface area contributed by atoms with E-state index in [4.69, 9.17) is 10.7 Å². The summed E-state index contributed by atoms with van der Waals surface area (Å²) >= 11 is 0. The predicted molar refractivity (Wildman–Crippen MR) is 109 cm³/mol. The molecular formula is C22H28N4. The summed E-state index contributed by atoms with van der Waals surface area (Å²) in [5.41, 5.74) is 12.7. The number of aromatic nitrogens is 2. The van der Waals surface area contributed by atoms with Crippen molar-refractivity contribution < 1.29 is 0 Å². The second-order valence-corrected chi connectivity index (χ2v) is 7.54. The fraction of sp³-hybridized carbons (Fsp3) is 0.409. The minimum Gasteiger partial charge on any atom is -0.399 e. The number of rotatable bonds is 4. The Balaban J connectivity index is 1.74. The van der Waals surface area contributed by atoms with Gasteiger partial charge in [0.05, 0.1) is 11.0 Å². The van der Waals surface area contributed by atoms with Crippen molar-refractivity contribution >= 4 is 16.7 Å². The number of nitrogen functional groups attached to an aromatic ring is 1. The van der Waals surface area contributed by atoms with Gasteiger partial charge in [-0.1, -0.05) is 6.42 Å². The summed E-state index contributed by atoms with van der Waals surface area (Å²) in [5.74, 6) is 1.04. The summed E-state index contributed by atoms with van der Waals surface area (Å²) in [4.78, 5) is 7.57. The van der Waals surface area contributed by atoms with Crippen LogP contribution in [0.4, 0.5) is 5.69 Å². The number of nitrogens with two attached hydrogens (primary N) is 1. The van der Waals surface area contributed by atoms with Gasteiger partial charge in [0, 0.05) is 24.3 Å². The van der Waals surface area contributed by atoms with Gasteiger partial charge in [-0.25, -0.2) is 4.98 Å². The topological polar surface area (TPSA) is 47.1 Å². The minimum atomic E-state index is 0.788. The predicted octanol–water partition coefficient (Wildman–Crippen LogP) is 4.39. The molecule has 0 saturated carbocycles. The van der Waals surface area contributed by atoms with Crippen molar-refractivity contribution in [3.8, 4) is 11.4 Å². The van der Waals surface area contributed by atoms with Crippen molar-refractivity contribution in [2.75, 3.05) is 25.4 Å². The van der Waals surface area contributed by atoms with Crippen LogP contribution in [0.2, 0.25) is 0 Å². The van der Waals surface area contributed by atoms with Crippen LogP contribution < -0.4 is 5.73 Å². The van der Waals surface area contributed by atoms with Gasteiger partial charge in [0.2, 0.25) is 0 Å². The van der Waals surface area contributed by atoms with Gasteiger partial charge in [0.15, 0.2) is 0 Å². The van der Waals surface area contributed by atoms with Crippen LogP contribution in [0.5, 0.6) is 0 Å². The number of hydrogen-bond donors (Lipinski definition) is 1. The lowest BCUT2D eigenvalue weighted by Crippen LogP contribution is -2.32. The Hall–Kier alpha value is -2.33. The number of hydrogen-bond acceptors (Lipinski definition) is 3. The molecule has 0 aliphatic carbocycles. The van der Waals surface area contributed by atoms with E-state index in [0.717, 1.165) is 35.7 Å². The molecule has 26 heavy (non-hydrogen) atoms. The molecule has 136 valence electrons. The maximum Gasteiger partial charge on any atom is 0.141 e. The quantitative estimate of drug-likeness (QED) is 0.711. The van der Waals surface area contributed by atoms with Gasteiger partial charge < -0.3 is 15.2 Å². The Kier molecular flexibility index (Phi) is 4.68. The van der Waals surface area contributed by atoms with Crippen molar-refractivity contribution in [2.45, 2.75) is 39.7 Å². The van der Waals surface area contributed by atoms with E-state index in [2.05, 4.69) is 47.6 Å². The fourth-order valence-electron chi connectivity index (χ4n) is 3.88. The largest absolute Gasteiger partial charge is 0.399 e. The first-order valence-corrected chi connectivity index (χ1v) is 9.67. The Morgan fingerprint density at radius 2 is 1.62 bits per heavy atom. The van der Waals surface area contributed by atoms with Gasteiger partial charge in [-0.15, -0.1) is 0 Å². The van der Waals surface area contributed by atoms with E-state index in [1.807, 2.05) is 12.1 Å². The molecule has 1 aromatic heterocycles. The third kappa shape index (κ3) is 3.34. The molecule has 0 unspecified atom stereocenters. The van der Waals surface area contributed by atoms with E-state index in [0.29, 0.717) is 0 Å². The van der Waals surface area contributed by atoms with E-state index in [-0.39, 0.29) is 0 Å². The van der Waals surface area contributed by atoms with Crippen molar-refractivity contribution in [3.05, 3.63) is 47.5 Å². The highest BCUT2D eigenvalue weighted by Crippen LogP contribution is 2.27. The molecule has 2 heterocycles. The molecule has 0 amide bonds. The summed E-state index contributed by atoms with van der Waals surface area (Å²) in [6.45, 7) is 8.84. The Morgan fingerprint density at radius 3 is 2.35 bits per heavy atom. The van der Waals surface area contributed by atoms with Crippen LogP contribution >= 0.6 is 0 Å². The number of likely N-dealkylation sites (tertiary alicyclic amines) is 1. The lowest BCUT2D eigenvalue weighted by Gasteiger charge is -2.26. The molecular weight excluding hydrogens is 320 g/mol. The molecule has 1 saturated heterocycles. The van der Waals surface area contributed by atoms with Crippen LogP contribution in [0.1, 0.15) is 30.4 Å². The molecule has 1 aliphatic rings. The standard InChI is InChI=1S/C22H28N4/c1-16-14-20-21(15-17(16)2)26(13-12-25-10-4-3-5-11-25)22(24-20)18-6-8-19(23)9-7-18/h6-9,14-15H,3-5,10-13,23H2,1-2H3. The number of anilines is 1. The van der Waals surface area contributed by atoms with Gasteiger partial charge >= 0.3 is 0 Å². The average molecular weight is 348 g/mol. The maximum absolute atomic E-state index is 5.88. The molecule has 2 N–H and O–H groups in total. The first-order valence-electron chi connectivity index (χ1n) is 9.67. The summed E-state index contributed by atoms with van der Waals surface area (Å²) in [5, 5.41) is 0. The zero-order chi connectivity index (χ0) is 18.1. The first-order chi connectivity index (χ1) is 12.6. The third-order valence-electron chi connectivity index (χ3n) is 5.62. The van der Waals surface area contributed by atoms with Gasteiger partial charge in [0.1, 0.15) is 5.82 Å². The number of nitrogens with zero attached hydrogens (tertiary/aromatic N) is 3. The molecule has 4 nitrogen and oxygen atoms in total. The molecule has 0 atom stereocenters. The molecule has 1 aliphatic heterocycles. The van der Waals surface area contributed by atoms with Gasteiger partial charge in [-0.2, -0.15) is 0 Å². The van der Waals surface area contributed by atoms with Crippen LogP contribution in [0.3, 0.4) is 0 Å². The zero-order valence-electron chi connectivity index (χ0n) is 15.8. The highest BCUT2D eigenvalue weighted by Gasteiger charge is 2.16. The van der Waals surface area contributed by atoms with Crippen molar-refractivity contribution in [1.82, 2.24) is 14.5 Å². The number of benzene rings is 2. The van der Waals surface area contributed by atoms with E-state index < -0.39 is 0 Å². The summed E-state index contributed by atoms with van der Waals surface area (Å²) in [6, 6.07) is 12.6. The summed E-state index contributed by atoms with van der Waals surface area (Å²) in [7, 11) is 0. The van der Waals surface area contributed by atoms with Crippen molar-refractivity contribution in [1.29, 1.82) is 0 Å². The van der Waals surface area contributed by atoms with Crippen molar-refractivity contribution in [3.63, 3.8) is 0 Å². The molecule has 0 radical (unpaired) electrons. The highest BCUT2D eigenvalue weighted by atomic mass is 15.2. The normalized spacial score (nSPS) is 15.6. The van der Waals surface area contributed by atoms with Crippen LogP contribution in [0, 0.1) is 13.8 Å². The van der Waals surface area contributed by atoms with E-state index in [1.54, 1.807) is 0 Å². The number of piperidine rings is 1. The zero-order valence-corrected chi connectivity index (χ0v) is 15.8. The SMILES string of the molecule is Cc1cc2nc(-c3ccc(N)cc3)n(CCN3CCCCC3)c2cc1C. The molecule has 0 bridgehead atoms. The van der Waals surface area contributed by atoms with Crippen LogP contribution in [-0.4, -0.2) is 34.1 Å². The van der Waals surface area contributed by atoms with Gasteiger partial charge in [-0.05, 0) is 87.3 Å². The minimum absolute atomic E-state index is 0.788. The maximum atomic E-state index is 5.88. The second kappa shape index (κ2) is 7.12. The molecule has 2 aromatic carbocycles. The summed E-state index contributed by atoms with van der Waals surface area (Å²) < 4.78 is 2.39. The van der Waals surface area contributed by atoms with Crippen LogP contribution in [0.25, 0.3) is 22.4 Å². The monoisotopic (exact) mass is 348 g/mol. The molecule has 4 rings (SSSR count). The molecule has 0 spiro atoms. The lowest BCUT2D eigenvalue weighted by molar-refractivity contribution is 0.222. The Morgan fingerprint density at radius 1 is 0.923 bits per heavy atom. The smallest absolute Gasteiger partial charge is 0.141 e. The van der Waals surface area contributed by atoms with Crippen LogP contribution in [-0.2, 0) is 6.54 Å². The second-order valence-electron chi connectivity index (χ2n) is 7.54. The molecule has 3 aromatic rings. The molecule has 4 heteroatoms. The lowest BCUT2D eigenvalue weighted by atomic mass is 10.1. The van der Waals surface area contributed by atoms with Gasteiger partial charge in [-0.3, -0.25) is 0 Å². The Labute approximate surface area is 155 Å². The molecule has 1 fully saturated rings. The summed E-state index contributed by atoms with van der Waals surface area (Å²) in [6.07, 6.45) is 4.03. The van der Waals surface area contributed by atoms with E-state index in [1.165, 1.54) is 49.0 Å². The Bertz CT molecular complexity index is 902. The first kappa shape index (κ1) is 17.1. The highest BCUT2D eigenvalue weighted by molar-refractivity contribution is 5.82. The van der Waals surface area contributed by atoms with Gasteiger partial charge in [0.25, 0.3) is 0 Å². The number of aryl methyl sites for hydroxylation is 2. The number of imidazole rings is 1. The third-order valence-corrected chi connectivity index (χ3v) is 5.62. The van der Waals surface area contributed by atoms with E-state index >= 15 is 0 Å².